The van der Waals surface area contributed by atoms with Gasteiger partial charge in [0.15, 0.2) is 0 Å². The fraction of sp³-hybridized carbons (Fsp3) is 0.667. The van der Waals surface area contributed by atoms with Crippen LogP contribution < -0.4 is 0 Å². The minimum absolute atomic E-state index is 0.117. The van der Waals surface area contributed by atoms with Gasteiger partial charge >= 0.3 is 0 Å². The Hall–Kier alpha value is -1.05. The number of likely N-dealkylation sites (tertiary alicyclic amines) is 1. The zero-order valence-corrected chi connectivity index (χ0v) is 7.53. The predicted octanol–water partition coefficient (Wildman–Crippen LogP) is -1.04. The quantitative estimate of drug-likeness (QED) is 0.511. The molecule has 1 amide bonds. The van der Waals surface area contributed by atoms with Gasteiger partial charge in [-0.15, -0.1) is 0 Å². The highest BCUT2D eigenvalue weighted by Crippen LogP contribution is 2.16. The van der Waals surface area contributed by atoms with Gasteiger partial charge in [-0.1, -0.05) is 5.92 Å². The summed E-state index contributed by atoms with van der Waals surface area (Å²) < 4.78 is 0. The summed E-state index contributed by atoms with van der Waals surface area (Å²) in [6.07, 6.45) is -0.0899. The Morgan fingerprint density at radius 3 is 2.92 bits per heavy atom. The molecule has 72 valence electrons. The van der Waals surface area contributed by atoms with E-state index in [1.54, 1.807) is 6.92 Å². The van der Waals surface area contributed by atoms with Crippen LogP contribution in [0.5, 0.6) is 0 Å². The van der Waals surface area contributed by atoms with Gasteiger partial charge in [0.05, 0.1) is 18.8 Å². The number of aliphatic hydroxyl groups excluding tert-OH is 2. The van der Waals surface area contributed by atoms with Crippen LogP contribution in [-0.2, 0) is 4.79 Å². The van der Waals surface area contributed by atoms with Crippen LogP contribution in [0.15, 0.2) is 0 Å². The van der Waals surface area contributed by atoms with E-state index in [-0.39, 0.29) is 25.1 Å². The average Bonchev–Trinajstić information content (AvgIpc) is 2.47. The summed E-state index contributed by atoms with van der Waals surface area (Å²) in [5, 5.41) is 18.2. The molecule has 0 aromatic carbocycles. The first-order valence-electron chi connectivity index (χ1n) is 4.21. The number of hydrogen-bond acceptors (Lipinski definition) is 3. The van der Waals surface area contributed by atoms with Gasteiger partial charge in [0.25, 0.3) is 5.91 Å². The largest absolute Gasteiger partial charge is 0.394 e. The van der Waals surface area contributed by atoms with Crippen molar-refractivity contribution < 1.29 is 15.0 Å². The molecule has 1 fully saturated rings. The smallest absolute Gasteiger partial charge is 0.298 e. The molecule has 1 saturated heterocycles. The third-order valence-electron chi connectivity index (χ3n) is 2.10. The first-order valence-corrected chi connectivity index (χ1v) is 4.21. The van der Waals surface area contributed by atoms with Gasteiger partial charge in [-0.3, -0.25) is 4.79 Å². The van der Waals surface area contributed by atoms with E-state index in [1.165, 1.54) is 4.90 Å². The van der Waals surface area contributed by atoms with E-state index in [1.807, 2.05) is 0 Å². The summed E-state index contributed by atoms with van der Waals surface area (Å²) in [6, 6.07) is -0.275. The molecule has 4 heteroatoms. The molecular weight excluding hydrogens is 170 g/mol. The molecule has 4 nitrogen and oxygen atoms in total. The predicted molar refractivity (Wildman–Crippen MR) is 46.7 cm³/mol. The van der Waals surface area contributed by atoms with Crippen molar-refractivity contribution in [3.05, 3.63) is 0 Å². The molecule has 0 spiro atoms. The van der Waals surface area contributed by atoms with E-state index >= 15 is 0 Å². The van der Waals surface area contributed by atoms with Gasteiger partial charge in [-0.25, -0.2) is 0 Å². The monoisotopic (exact) mass is 183 g/mol. The van der Waals surface area contributed by atoms with Gasteiger partial charge in [0.1, 0.15) is 0 Å². The van der Waals surface area contributed by atoms with Crippen LogP contribution in [0.25, 0.3) is 0 Å². The zero-order chi connectivity index (χ0) is 9.84. The third kappa shape index (κ3) is 2.20. The van der Waals surface area contributed by atoms with E-state index in [2.05, 4.69) is 11.8 Å². The van der Waals surface area contributed by atoms with E-state index in [9.17, 15) is 9.90 Å². The van der Waals surface area contributed by atoms with Gasteiger partial charge < -0.3 is 15.1 Å². The fourth-order valence-electron chi connectivity index (χ4n) is 1.49. The van der Waals surface area contributed by atoms with Crippen molar-refractivity contribution in [3.8, 4) is 11.8 Å². The molecule has 0 aromatic rings. The van der Waals surface area contributed by atoms with Crippen molar-refractivity contribution in [2.45, 2.75) is 25.5 Å². The van der Waals surface area contributed by atoms with E-state index < -0.39 is 6.10 Å². The number of hydrogen-bond donors (Lipinski definition) is 2. The summed E-state index contributed by atoms with van der Waals surface area (Å²) in [5.74, 6) is 4.57. The fourth-order valence-corrected chi connectivity index (χ4v) is 1.49. The molecule has 2 N–H and O–H groups in total. The molecule has 13 heavy (non-hydrogen) atoms. The van der Waals surface area contributed by atoms with Gasteiger partial charge in [-0.2, -0.15) is 0 Å². The maximum absolute atomic E-state index is 11.3. The van der Waals surface area contributed by atoms with Gasteiger partial charge in [0, 0.05) is 6.54 Å². The second kappa shape index (κ2) is 4.26. The molecule has 0 bridgehead atoms. The van der Waals surface area contributed by atoms with Crippen molar-refractivity contribution in [1.29, 1.82) is 0 Å². The highest BCUT2D eigenvalue weighted by atomic mass is 16.3. The van der Waals surface area contributed by atoms with E-state index in [4.69, 9.17) is 5.11 Å². The van der Waals surface area contributed by atoms with Gasteiger partial charge in [-0.05, 0) is 19.3 Å². The van der Waals surface area contributed by atoms with Crippen LogP contribution in [-0.4, -0.2) is 46.3 Å². The van der Waals surface area contributed by atoms with Crippen molar-refractivity contribution in [1.82, 2.24) is 4.90 Å². The number of carbonyl (C=O) groups excluding carboxylic acids is 1. The molecule has 1 aliphatic rings. The lowest BCUT2D eigenvalue weighted by molar-refractivity contribution is -0.126. The molecule has 2 atom stereocenters. The Morgan fingerprint density at radius 2 is 2.38 bits per heavy atom. The Labute approximate surface area is 77.2 Å². The molecular formula is C9H13NO3. The summed E-state index contributed by atoms with van der Waals surface area (Å²) in [5.41, 5.74) is 0. The zero-order valence-electron chi connectivity index (χ0n) is 7.53. The molecule has 0 saturated carbocycles. The number of aliphatic hydroxyl groups is 2. The van der Waals surface area contributed by atoms with Crippen LogP contribution in [0.2, 0.25) is 0 Å². The highest BCUT2D eigenvalue weighted by Gasteiger charge is 2.32. The Kier molecular flexibility index (Phi) is 3.29. The third-order valence-corrected chi connectivity index (χ3v) is 2.10. The lowest BCUT2D eigenvalue weighted by Crippen LogP contribution is -2.37. The Balaban J connectivity index is 2.66. The van der Waals surface area contributed by atoms with Crippen LogP contribution in [0, 0.1) is 11.8 Å². The molecule has 0 aliphatic carbocycles. The van der Waals surface area contributed by atoms with Gasteiger partial charge in [0.2, 0.25) is 0 Å². The number of amides is 1. The molecule has 1 rings (SSSR count). The first kappa shape index (κ1) is 10.0. The van der Waals surface area contributed by atoms with Crippen molar-refractivity contribution in [2.24, 2.45) is 0 Å². The number of nitrogens with zero attached hydrogens (tertiary/aromatic N) is 1. The van der Waals surface area contributed by atoms with Crippen molar-refractivity contribution in [2.75, 3.05) is 13.2 Å². The Bertz CT molecular complexity index is 253. The molecule has 0 aromatic heterocycles. The number of carbonyl (C=O) groups is 1. The molecule has 1 aliphatic heterocycles. The van der Waals surface area contributed by atoms with Crippen LogP contribution >= 0.6 is 0 Å². The first-order chi connectivity index (χ1) is 6.19. The lowest BCUT2D eigenvalue weighted by atomic mass is 10.2. The second-order valence-electron chi connectivity index (χ2n) is 3.06. The summed E-state index contributed by atoms with van der Waals surface area (Å²) in [7, 11) is 0. The summed E-state index contributed by atoms with van der Waals surface area (Å²) in [4.78, 5) is 12.7. The van der Waals surface area contributed by atoms with Crippen LogP contribution in [0.4, 0.5) is 0 Å². The minimum atomic E-state index is -0.528. The van der Waals surface area contributed by atoms with E-state index in [0.29, 0.717) is 6.42 Å². The highest BCUT2D eigenvalue weighted by molar-refractivity contribution is 5.93. The normalized spacial score (nSPS) is 26.8. The second-order valence-corrected chi connectivity index (χ2v) is 3.06. The standard InChI is InChI=1S/C9H13NO3/c1-2-3-9(13)10-5-8(12)4-7(10)6-11/h7-8,11-12H,4-6H2,1H3/t7-,8-/m0/s1. The number of rotatable bonds is 1. The van der Waals surface area contributed by atoms with Crippen molar-refractivity contribution >= 4 is 5.91 Å². The summed E-state index contributed by atoms with van der Waals surface area (Å²) in [6.45, 7) is 1.74. The maximum Gasteiger partial charge on any atom is 0.298 e. The molecule has 1 heterocycles. The number of β-amino-alcohol motifs (C(OH)–C–C–N with tert-alkyl or cyclic N) is 1. The maximum atomic E-state index is 11.3. The SMILES string of the molecule is CC#CC(=O)N1C[C@@H](O)C[C@H]1CO. The summed E-state index contributed by atoms with van der Waals surface area (Å²) >= 11 is 0. The Morgan fingerprint density at radius 1 is 1.69 bits per heavy atom. The topological polar surface area (TPSA) is 60.8 Å². The molecule has 0 radical (unpaired) electrons. The minimum Gasteiger partial charge on any atom is -0.394 e. The van der Waals surface area contributed by atoms with Crippen LogP contribution in [0.1, 0.15) is 13.3 Å². The molecule has 0 unspecified atom stereocenters. The van der Waals surface area contributed by atoms with E-state index in [0.717, 1.165) is 0 Å². The lowest BCUT2D eigenvalue weighted by Gasteiger charge is -2.19. The average molecular weight is 183 g/mol. The van der Waals surface area contributed by atoms with Crippen molar-refractivity contribution in [3.63, 3.8) is 0 Å². The van der Waals surface area contributed by atoms with Crippen LogP contribution in [0.3, 0.4) is 0 Å².